The van der Waals surface area contributed by atoms with Gasteiger partial charge < -0.3 is 4.90 Å². The van der Waals surface area contributed by atoms with Gasteiger partial charge in [-0.1, -0.05) is 6.92 Å². The zero-order valence-electron chi connectivity index (χ0n) is 10.0. The summed E-state index contributed by atoms with van der Waals surface area (Å²) in [6, 6.07) is 2.64. The minimum absolute atomic E-state index is 0.609. The maximum Gasteiger partial charge on any atom is 0.0646 e. The van der Waals surface area contributed by atoms with Gasteiger partial charge in [-0.25, -0.2) is 0 Å². The quantitative estimate of drug-likeness (QED) is 0.777. The van der Waals surface area contributed by atoms with E-state index in [9.17, 15) is 0 Å². The Morgan fingerprint density at radius 2 is 2.31 bits per heavy atom. The van der Waals surface area contributed by atoms with Gasteiger partial charge in [0, 0.05) is 25.5 Å². The molecule has 1 aliphatic heterocycles. The van der Waals surface area contributed by atoms with Crippen LogP contribution >= 0.6 is 0 Å². The molecular weight excluding hydrogens is 198 g/mol. The second-order valence-electron chi connectivity index (χ2n) is 5.51. The van der Waals surface area contributed by atoms with Gasteiger partial charge in [0.05, 0.1) is 6.04 Å². The third-order valence-electron chi connectivity index (χ3n) is 4.15. The Bertz CT molecular complexity index is 333. The van der Waals surface area contributed by atoms with Gasteiger partial charge in [-0.2, -0.15) is 5.10 Å². The third-order valence-corrected chi connectivity index (χ3v) is 4.15. The normalized spacial score (nSPS) is 35.2. The van der Waals surface area contributed by atoms with Gasteiger partial charge >= 0.3 is 0 Å². The van der Waals surface area contributed by atoms with E-state index >= 15 is 0 Å². The lowest BCUT2D eigenvalue weighted by molar-refractivity contribution is 0.162. The maximum atomic E-state index is 4.37. The molecule has 0 spiro atoms. The molecule has 2 aliphatic rings. The number of hydrogen-bond acceptors (Lipinski definition) is 2. The van der Waals surface area contributed by atoms with Crippen LogP contribution in [-0.2, 0) is 0 Å². The first-order valence-electron chi connectivity index (χ1n) is 6.54. The van der Waals surface area contributed by atoms with Crippen LogP contribution in [0.5, 0.6) is 0 Å². The first-order valence-corrected chi connectivity index (χ1v) is 6.54. The van der Waals surface area contributed by atoms with Crippen molar-refractivity contribution in [3.05, 3.63) is 18.5 Å². The van der Waals surface area contributed by atoms with Crippen molar-refractivity contribution in [1.82, 2.24) is 14.7 Å². The lowest BCUT2D eigenvalue weighted by Gasteiger charge is -2.32. The van der Waals surface area contributed by atoms with E-state index in [4.69, 9.17) is 0 Å². The van der Waals surface area contributed by atoms with E-state index in [0.29, 0.717) is 6.04 Å². The van der Waals surface area contributed by atoms with Crippen molar-refractivity contribution in [2.24, 2.45) is 11.8 Å². The van der Waals surface area contributed by atoms with Crippen LogP contribution in [0.4, 0.5) is 0 Å². The number of rotatable bonds is 3. The number of aromatic nitrogens is 2. The number of hydrogen-bond donors (Lipinski definition) is 0. The van der Waals surface area contributed by atoms with Gasteiger partial charge in [-0.05, 0) is 43.7 Å². The Kier molecular flexibility index (Phi) is 2.72. The van der Waals surface area contributed by atoms with Gasteiger partial charge in [0.1, 0.15) is 0 Å². The summed E-state index contributed by atoms with van der Waals surface area (Å²) in [7, 11) is 0. The van der Waals surface area contributed by atoms with Crippen molar-refractivity contribution < 1.29 is 0 Å². The first-order chi connectivity index (χ1) is 7.83. The molecule has 1 aromatic heterocycles. The Morgan fingerprint density at radius 1 is 1.44 bits per heavy atom. The van der Waals surface area contributed by atoms with Crippen molar-refractivity contribution in [2.75, 3.05) is 19.6 Å². The molecule has 3 heteroatoms. The highest BCUT2D eigenvalue weighted by Crippen LogP contribution is 2.39. The van der Waals surface area contributed by atoms with Crippen LogP contribution < -0.4 is 0 Å². The molecule has 1 saturated heterocycles. The van der Waals surface area contributed by atoms with E-state index in [-0.39, 0.29) is 0 Å². The fourth-order valence-electron chi connectivity index (χ4n) is 2.89. The zero-order chi connectivity index (χ0) is 11.0. The fourth-order valence-corrected chi connectivity index (χ4v) is 2.89. The summed E-state index contributed by atoms with van der Waals surface area (Å²) in [6.45, 7) is 6.18. The largest absolute Gasteiger partial charge is 0.301 e. The highest BCUT2D eigenvalue weighted by atomic mass is 15.3. The fraction of sp³-hybridized carbons (Fsp3) is 0.769. The van der Waals surface area contributed by atoms with Crippen molar-refractivity contribution in [3.63, 3.8) is 0 Å². The average molecular weight is 219 g/mol. The smallest absolute Gasteiger partial charge is 0.0646 e. The summed E-state index contributed by atoms with van der Waals surface area (Å²) < 4.78 is 2.14. The number of nitrogens with zero attached hydrogens (tertiary/aromatic N) is 3. The minimum atomic E-state index is 0.609. The second kappa shape index (κ2) is 4.21. The molecule has 0 N–H and O–H groups in total. The highest BCUT2D eigenvalue weighted by molar-refractivity contribution is 4.89. The van der Waals surface area contributed by atoms with E-state index in [1.165, 1.54) is 38.9 Å². The summed E-state index contributed by atoms with van der Waals surface area (Å²) in [5.74, 6) is 1.96. The molecule has 3 atom stereocenters. The summed E-state index contributed by atoms with van der Waals surface area (Å²) in [6.07, 6.45) is 8.06. The topological polar surface area (TPSA) is 21.1 Å². The average Bonchev–Trinajstić information content (AvgIpc) is 2.83. The summed E-state index contributed by atoms with van der Waals surface area (Å²) in [4.78, 5) is 2.64. The first kappa shape index (κ1) is 10.3. The predicted molar refractivity (Wildman–Crippen MR) is 64.2 cm³/mol. The molecule has 2 heterocycles. The van der Waals surface area contributed by atoms with Crippen LogP contribution in [0, 0.1) is 11.8 Å². The van der Waals surface area contributed by atoms with Crippen LogP contribution in [-0.4, -0.2) is 34.3 Å². The molecule has 3 nitrogen and oxygen atoms in total. The predicted octanol–water partition coefficient (Wildman–Crippen LogP) is 2.18. The second-order valence-corrected chi connectivity index (χ2v) is 5.51. The highest BCUT2D eigenvalue weighted by Gasteiger charge is 2.35. The molecule has 3 unspecified atom stereocenters. The van der Waals surface area contributed by atoms with Gasteiger partial charge in [0.15, 0.2) is 0 Å². The van der Waals surface area contributed by atoms with E-state index in [1.54, 1.807) is 0 Å². The monoisotopic (exact) mass is 219 g/mol. The van der Waals surface area contributed by atoms with E-state index in [0.717, 1.165) is 11.8 Å². The molecule has 0 bridgehead atoms. The van der Waals surface area contributed by atoms with Crippen LogP contribution in [0.15, 0.2) is 18.5 Å². The molecule has 0 radical (unpaired) electrons. The molecule has 0 aromatic carbocycles. The lowest BCUT2D eigenvalue weighted by Crippen LogP contribution is -2.38. The summed E-state index contributed by atoms with van der Waals surface area (Å²) in [5.41, 5.74) is 0. The van der Waals surface area contributed by atoms with Crippen LogP contribution in [0.1, 0.15) is 32.2 Å². The molecule has 16 heavy (non-hydrogen) atoms. The Hall–Kier alpha value is -0.830. The third kappa shape index (κ3) is 2.14. The van der Waals surface area contributed by atoms with Crippen LogP contribution in [0.3, 0.4) is 0 Å². The SMILES string of the molecule is CC1CC1CN1CCCC(n2cccn2)C1. The van der Waals surface area contributed by atoms with Crippen molar-refractivity contribution in [1.29, 1.82) is 0 Å². The number of likely N-dealkylation sites (tertiary alicyclic amines) is 1. The Morgan fingerprint density at radius 3 is 3.00 bits per heavy atom. The van der Waals surface area contributed by atoms with E-state index in [2.05, 4.69) is 27.8 Å². The molecular formula is C13H21N3. The van der Waals surface area contributed by atoms with Gasteiger partial charge in [-0.15, -0.1) is 0 Å². The number of piperidine rings is 1. The molecule has 3 rings (SSSR count). The van der Waals surface area contributed by atoms with Gasteiger partial charge in [0.2, 0.25) is 0 Å². The van der Waals surface area contributed by atoms with Crippen LogP contribution in [0.2, 0.25) is 0 Å². The molecule has 88 valence electrons. The van der Waals surface area contributed by atoms with E-state index in [1.807, 2.05) is 12.3 Å². The minimum Gasteiger partial charge on any atom is -0.301 e. The van der Waals surface area contributed by atoms with Gasteiger partial charge in [0.25, 0.3) is 0 Å². The Labute approximate surface area is 97.4 Å². The molecule has 1 aromatic rings. The molecule has 1 saturated carbocycles. The molecule has 1 aliphatic carbocycles. The standard InChI is InChI=1S/C13H21N3/c1-11-8-12(11)9-15-6-2-4-13(10-15)16-7-3-5-14-16/h3,5,7,11-13H,2,4,6,8-10H2,1H3. The zero-order valence-corrected chi connectivity index (χ0v) is 10.0. The van der Waals surface area contributed by atoms with Crippen molar-refractivity contribution >= 4 is 0 Å². The molecule has 0 amide bonds. The van der Waals surface area contributed by atoms with Crippen molar-refractivity contribution in [3.8, 4) is 0 Å². The van der Waals surface area contributed by atoms with Crippen molar-refractivity contribution in [2.45, 2.75) is 32.2 Å². The summed E-state index contributed by atoms with van der Waals surface area (Å²) >= 11 is 0. The van der Waals surface area contributed by atoms with Gasteiger partial charge in [-0.3, -0.25) is 4.68 Å². The summed E-state index contributed by atoms with van der Waals surface area (Å²) in [5, 5.41) is 4.37. The van der Waals surface area contributed by atoms with Crippen LogP contribution in [0.25, 0.3) is 0 Å². The molecule has 2 fully saturated rings. The van der Waals surface area contributed by atoms with E-state index < -0.39 is 0 Å². The lowest BCUT2D eigenvalue weighted by atomic mass is 10.1. The maximum absolute atomic E-state index is 4.37. The Balaban J connectivity index is 1.57.